The van der Waals surface area contributed by atoms with E-state index in [1.165, 1.54) is 11.1 Å². The van der Waals surface area contributed by atoms with Crippen LogP contribution >= 0.6 is 0 Å². The van der Waals surface area contributed by atoms with Crippen molar-refractivity contribution in [2.45, 2.75) is 18.9 Å². The van der Waals surface area contributed by atoms with Gasteiger partial charge in [0.1, 0.15) is 5.75 Å². The maximum Gasteiger partial charge on any atom is 0.122 e. The molecular weight excluding hydrogens is 238 g/mol. The molecule has 0 saturated heterocycles. The molecule has 3 rings (SSSR count). The van der Waals surface area contributed by atoms with E-state index in [9.17, 15) is 0 Å². The summed E-state index contributed by atoms with van der Waals surface area (Å²) in [6.07, 6.45) is 3.56. The van der Waals surface area contributed by atoms with Gasteiger partial charge in [0.15, 0.2) is 0 Å². The minimum atomic E-state index is 0.0702. The third-order valence-corrected chi connectivity index (χ3v) is 3.46. The van der Waals surface area contributed by atoms with Gasteiger partial charge in [-0.2, -0.15) is 0 Å². The number of fused-ring (bicyclic) bond motifs is 1. The van der Waals surface area contributed by atoms with Crippen LogP contribution in [0.15, 0.2) is 42.6 Å². The number of rotatable bonds is 4. The molecule has 1 aliphatic rings. The minimum Gasteiger partial charge on any atom is -0.493 e. The van der Waals surface area contributed by atoms with Crippen LogP contribution in [0.1, 0.15) is 22.9 Å². The zero-order valence-corrected chi connectivity index (χ0v) is 10.7. The monoisotopic (exact) mass is 255 g/mol. The minimum absolute atomic E-state index is 0.0702. The van der Waals surface area contributed by atoms with Crippen LogP contribution in [0.3, 0.4) is 0 Å². The van der Waals surface area contributed by atoms with Gasteiger partial charge in [0.2, 0.25) is 0 Å². The summed E-state index contributed by atoms with van der Waals surface area (Å²) in [5.41, 5.74) is 6.35. The van der Waals surface area contributed by atoms with Crippen molar-refractivity contribution in [1.82, 2.24) is 10.4 Å². The highest BCUT2D eigenvalue weighted by atomic mass is 16.5. The van der Waals surface area contributed by atoms with Crippen LogP contribution in [-0.4, -0.2) is 11.6 Å². The fraction of sp³-hybridized carbons (Fsp3) is 0.267. The van der Waals surface area contributed by atoms with Gasteiger partial charge in [0.25, 0.3) is 0 Å². The standard InChI is InChI=1S/C15H17N3O/c16-18-14(10-13-3-1-2-7-17-13)11-4-5-15-12(9-11)6-8-19-15/h1-5,7,9,14,18H,6,8,10,16H2. The molecule has 1 aromatic carbocycles. The van der Waals surface area contributed by atoms with Gasteiger partial charge in [-0.1, -0.05) is 18.2 Å². The van der Waals surface area contributed by atoms with Crippen LogP contribution < -0.4 is 16.0 Å². The van der Waals surface area contributed by atoms with Gasteiger partial charge in [-0.25, -0.2) is 0 Å². The van der Waals surface area contributed by atoms with Gasteiger partial charge < -0.3 is 4.74 Å². The summed E-state index contributed by atoms with van der Waals surface area (Å²) in [4.78, 5) is 4.34. The molecule has 1 aliphatic heterocycles. The maximum atomic E-state index is 5.69. The summed E-state index contributed by atoms with van der Waals surface area (Å²) < 4.78 is 5.52. The van der Waals surface area contributed by atoms with E-state index in [4.69, 9.17) is 10.6 Å². The first kappa shape index (κ1) is 12.1. The molecule has 4 nitrogen and oxygen atoms in total. The molecule has 2 heterocycles. The number of nitrogens with zero attached hydrogens (tertiary/aromatic N) is 1. The summed E-state index contributed by atoms with van der Waals surface area (Å²) in [6.45, 7) is 0.778. The Labute approximate surface area is 112 Å². The number of benzene rings is 1. The molecule has 1 atom stereocenters. The summed E-state index contributed by atoms with van der Waals surface area (Å²) in [5, 5.41) is 0. The second-order valence-electron chi connectivity index (χ2n) is 4.71. The van der Waals surface area contributed by atoms with Crippen LogP contribution in [0.25, 0.3) is 0 Å². The van der Waals surface area contributed by atoms with Crippen molar-refractivity contribution in [2.75, 3.05) is 6.61 Å². The number of hydrazine groups is 1. The van der Waals surface area contributed by atoms with Gasteiger partial charge in [0.05, 0.1) is 12.6 Å². The SMILES string of the molecule is NNC(Cc1ccccn1)c1ccc2c(c1)CCO2. The Bertz CT molecular complexity index is 557. The quantitative estimate of drug-likeness (QED) is 0.645. The molecule has 0 aliphatic carbocycles. The first-order chi connectivity index (χ1) is 9.36. The molecule has 0 radical (unpaired) electrons. The van der Waals surface area contributed by atoms with E-state index >= 15 is 0 Å². The Hall–Kier alpha value is -1.91. The molecule has 4 heteroatoms. The molecule has 0 bridgehead atoms. The number of hydrogen-bond donors (Lipinski definition) is 2. The van der Waals surface area contributed by atoms with Crippen LogP contribution in [0, 0.1) is 0 Å². The van der Waals surface area contributed by atoms with Gasteiger partial charge in [-0.3, -0.25) is 16.3 Å². The van der Waals surface area contributed by atoms with Crippen LogP contribution in [0.5, 0.6) is 5.75 Å². The zero-order valence-electron chi connectivity index (χ0n) is 10.7. The van der Waals surface area contributed by atoms with E-state index in [2.05, 4.69) is 22.5 Å². The average Bonchev–Trinajstić information content (AvgIpc) is 2.93. The van der Waals surface area contributed by atoms with Gasteiger partial charge >= 0.3 is 0 Å². The van der Waals surface area contributed by atoms with Crippen LogP contribution in [0.2, 0.25) is 0 Å². The molecule has 3 N–H and O–H groups in total. The van der Waals surface area contributed by atoms with E-state index in [1.807, 2.05) is 24.3 Å². The Morgan fingerprint density at radius 1 is 1.32 bits per heavy atom. The summed E-state index contributed by atoms with van der Waals surface area (Å²) >= 11 is 0. The van der Waals surface area contributed by atoms with Crippen LogP contribution in [-0.2, 0) is 12.8 Å². The molecule has 0 fully saturated rings. The fourth-order valence-corrected chi connectivity index (χ4v) is 2.42. The lowest BCUT2D eigenvalue weighted by Gasteiger charge is -2.16. The smallest absolute Gasteiger partial charge is 0.122 e. The molecular formula is C15H17N3O. The van der Waals surface area contributed by atoms with E-state index in [-0.39, 0.29) is 6.04 Å². The molecule has 1 aromatic heterocycles. The first-order valence-electron chi connectivity index (χ1n) is 6.48. The highest BCUT2D eigenvalue weighted by molar-refractivity contribution is 5.41. The normalized spacial score (nSPS) is 14.8. The van der Waals surface area contributed by atoms with Gasteiger partial charge in [-0.05, 0) is 29.3 Å². The lowest BCUT2D eigenvalue weighted by Crippen LogP contribution is -2.29. The van der Waals surface area contributed by atoms with Crippen molar-refractivity contribution < 1.29 is 4.74 Å². The second kappa shape index (κ2) is 5.38. The molecule has 0 amide bonds. The number of aromatic nitrogens is 1. The lowest BCUT2D eigenvalue weighted by molar-refractivity contribution is 0.356. The third-order valence-electron chi connectivity index (χ3n) is 3.46. The first-order valence-corrected chi connectivity index (χ1v) is 6.48. The van der Waals surface area contributed by atoms with E-state index in [0.29, 0.717) is 0 Å². The van der Waals surface area contributed by atoms with Crippen molar-refractivity contribution in [2.24, 2.45) is 5.84 Å². The highest BCUT2D eigenvalue weighted by Crippen LogP contribution is 2.28. The van der Waals surface area contributed by atoms with Gasteiger partial charge in [0, 0.05) is 24.7 Å². The topological polar surface area (TPSA) is 60.2 Å². The van der Waals surface area contributed by atoms with Crippen molar-refractivity contribution in [3.63, 3.8) is 0 Å². The molecule has 0 saturated carbocycles. The Morgan fingerprint density at radius 3 is 3.05 bits per heavy atom. The zero-order chi connectivity index (χ0) is 13.1. The third kappa shape index (κ3) is 2.59. The second-order valence-corrected chi connectivity index (χ2v) is 4.71. The largest absolute Gasteiger partial charge is 0.493 e. The van der Waals surface area contributed by atoms with E-state index < -0.39 is 0 Å². The Kier molecular flexibility index (Phi) is 3.44. The summed E-state index contributed by atoms with van der Waals surface area (Å²) in [5.74, 6) is 6.69. The molecule has 1 unspecified atom stereocenters. The number of ether oxygens (including phenoxy) is 1. The average molecular weight is 255 g/mol. The fourth-order valence-electron chi connectivity index (χ4n) is 2.42. The summed E-state index contributed by atoms with van der Waals surface area (Å²) in [6, 6.07) is 12.3. The predicted molar refractivity (Wildman–Crippen MR) is 73.6 cm³/mol. The van der Waals surface area contributed by atoms with Crippen molar-refractivity contribution in [3.8, 4) is 5.75 Å². The molecule has 19 heavy (non-hydrogen) atoms. The number of nitrogens with two attached hydrogens (primary N) is 1. The number of hydrogen-bond acceptors (Lipinski definition) is 4. The maximum absolute atomic E-state index is 5.69. The van der Waals surface area contributed by atoms with E-state index in [0.717, 1.165) is 30.9 Å². The molecule has 98 valence electrons. The Balaban J connectivity index is 1.82. The van der Waals surface area contributed by atoms with Gasteiger partial charge in [-0.15, -0.1) is 0 Å². The van der Waals surface area contributed by atoms with E-state index in [1.54, 1.807) is 6.20 Å². The van der Waals surface area contributed by atoms with Crippen molar-refractivity contribution in [3.05, 3.63) is 59.4 Å². The number of nitrogens with one attached hydrogen (secondary N) is 1. The molecule has 2 aromatic rings. The van der Waals surface area contributed by atoms with Crippen LogP contribution in [0.4, 0.5) is 0 Å². The number of pyridine rings is 1. The van der Waals surface area contributed by atoms with Crippen molar-refractivity contribution >= 4 is 0 Å². The lowest BCUT2D eigenvalue weighted by atomic mass is 9.99. The highest BCUT2D eigenvalue weighted by Gasteiger charge is 2.16. The molecule has 0 spiro atoms. The Morgan fingerprint density at radius 2 is 2.26 bits per heavy atom. The summed E-state index contributed by atoms with van der Waals surface area (Å²) in [7, 11) is 0. The predicted octanol–water partition coefficient (Wildman–Crippen LogP) is 1.76. The van der Waals surface area contributed by atoms with Crippen molar-refractivity contribution in [1.29, 1.82) is 0 Å².